The van der Waals surface area contributed by atoms with E-state index in [2.05, 4.69) is 6.92 Å². The average Bonchev–Trinajstić information content (AvgIpc) is 2.91. The van der Waals surface area contributed by atoms with Gasteiger partial charge in [0.1, 0.15) is 0 Å². The SMILES string of the molecule is CCCOC1CCCN(c2sc([C@@H](C)O)cc2[N+](=O)[O-])C1. The summed E-state index contributed by atoms with van der Waals surface area (Å²) in [5.41, 5.74) is 0.0899. The molecule has 21 heavy (non-hydrogen) atoms. The smallest absolute Gasteiger partial charge is 0.304 e. The van der Waals surface area contributed by atoms with E-state index in [9.17, 15) is 15.2 Å². The van der Waals surface area contributed by atoms with Crippen LogP contribution in [0.2, 0.25) is 0 Å². The van der Waals surface area contributed by atoms with E-state index in [0.717, 1.165) is 32.4 Å². The van der Waals surface area contributed by atoms with Crippen molar-refractivity contribution in [2.24, 2.45) is 0 Å². The van der Waals surface area contributed by atoms with Crippen LogP contribution in [0.1, 0.15) is 44.1 Å². The number of hydrogen-bond donors (Lipinski definition) is 1. The first-order valence-electron chi connectivity index (χ1n) is 7.35. The minimum absolute atomic E-state index is 0.0899. The lowest BCUT2D eigenvalue weighted by Crippen LogP contribution is -2.39. The molecule has 1 fully saturated rings. The summed E-state index contributed by atoms with van der Waals surface area (Å²) in [6.07, 6.45) is 2.39. The Hall–Kier alpha value is -1.18. The molecule has 0 saturated carbocycles. The minimum Gasteiger partial charge on any atom is -0.388 e. The molecule has 0 amide bonds. The molecule has 1 aliphatic rings. The molecular formula is C14H22N2O4S. The highest BCUT2D eigenvalue weighted by molar-refractivity contribution is 7.16. The molecule has 0 spiro atoms. The third-order valence-electron chi connectivity index (χ3n) is 3.54. The highest BCUT2D eigenvalue weighted by atomic mass is 32.1. The standard InChI is InChI=1S/C14H22N2O4S/c1-3-7-20-11-5-4-6-15(9-11)14-12(16(18)19)8-13(21-14)10(2)17/h8,10-11,17H,3-7,9H2,1-2H3/t10-,11?/m1/s1. The molecule has 1 aromatic heterocycles. The van der Waals surface area contributed by atoms with Gasteiger partial charge in [0.15, 0.2) is 5.00 Å². The molecule has 0 aromatic carbocycles. The molecule has 1 saturated heterocycles. The van der Waals surface area contributed by atoms with Crippen LogP contribution in [-0.4, -0.2) is 35.8 Å². The topological polar surface area (TPSA) is 75.8 Å². The van der Waals surface area contributed by atoms with Crippen molar-refractivity contribution in [1.29, 1.82) is 0 Å². The molecule has 0 radical (unpaired) electrons. The van der Waals surface area contributed by atoms with E-state index in [1.54, 1.807) is 6.92 Å². The average molecular weight is 314 g/mol. The second-order valence-corrected chi connectivity index (χ2v) is 6.42. The van der Waals surface area contributed by atoms with Gasteiger partial charge in [-0.1, -0.05) is 6.92 Å². The normalized spacial score (nSPS) is 20.5. The van der Waals surface area contributed by atoms with Gasteiger partial charge in [0.2, 0.25) is 0 Å². The van der Waals surface area contributed by atoms with E-state index in [1.807, 2.05) is 4.90 Å². The van der Waals surface area contributed by atoms with Crippen LogP contribution >= 0.6 is 11.3 Å². The number of hydrogen-bond acceptors (Lipinski definition) is 6. The Morgan fingerprint density at radius 3 is 3.05 bits per heavy atom. The fourth-order valence-electron chi connectivity index (χ4n) is 2.50. The Labute approximate surface area is 128 Å². The lowest BCUT2D eigenvalue weighted by molar-refractivity contribution is -0.383. The summed E-state index contributed by atoms with van der Waals surface area (Å²) in [6, 6.07) is 1.49. The number of nitrogens with zero attached hydrogens (tertiary/aromatic N) is 2. The molecule has 6 nitrogen and oxygen atoms in total. The monoisotopic (exact) mass is 314 g/mol. The Morgan fingerprint density at radius 2 is 2.43 bits per heavy atom. The van der Waals surface area contributed by atoms with Crippen molar-refractivity contribution in [3.63, 3.8) is 0 Å². The maximum Gasteiger partial charge on any atom is 0.304 e. The van der Waals surface area contributed by atoms with Crippen LogP contribution in [0.25, 0.3) is 0 Å². The predicted octanol–water partition coefficient (Wildman–Crippen LogP) is 3.11. The second kappa shape index (κ2) is 7.20. The third kappa shape index (κ3) is 3.93. The van der Waals surface area contributed by atoms with Crippen LogP contribution in [0.15, 0.2) is 6.07 Å². The molecule has 1 N–H and O–H groups in total. The van der Waals surface area contributed by atoms with Gasteiger partial charge in [-0.25, -0.2) is 0 Å². The number of rotatable bonds is 6. The lowest BCUT2D eigenvalue weighted by Gasteiger charge is -2.32. The van der Waals surface area contributed by atoms with E-state index in [-0.39, 0.29) is 16.7 Å². The van der Waals surface area contributed by atoms with Gasteiger partial charge in [-0.3, -0.25) is 10.1 Å². The van der Waals surface area contributed by atoms with Gasteiger partial charge in [0.25, 0.3) is 0 Å². The highest BCUT2D eigenvalue weighted by Gasteiger charge is 2.29. The number of nitro groups is 1. The van der Waals surface area contributed by atoms with Crippen LogP contribution < -0.4 is 4.90 Å². The summed E-state index contributed by atoms with van der Waals surface area (Å²) in [6.45, 7) is 5.90. The van der Waals surface area contributed by atoms with E-state index < -0.39 is 6.10 Å². The summed E-state index contributed by atoms with van der Waals surface area (Å²) in [4.78, 5) is 13.5. The summed E-state index contributed by atoms with van der Waals surface area (Å²) >= 11 is 1.31. The van der Waals surface area contributed by atoms with Gasteiger partial charge in [-0.05, 0) is 26.2 Å². The summed E-state index contributed by atoms with van der Waals surface area (Å²) in [5, 5.41) is 21.5. The molecule has 118 valence electrons. The Bertz CT molecular complexity index is 489. The molecule has 2 rings (SSSR count). The van der Waals surface area contributed by atoms with Crippen molar-refractivity contribution in [3.05, 3.63) is 21.1 Å². The molecule has 2 atom stereocenters. The van der Waals surface area contributed by atoms with Crippen LogP contribution in [0.3, 0.4) is 0 Å². The molecule has 0 aliphatic carbocycles. The number of piperidine rings is 1. The summed E-state index contributed by atoms with van der Waals surface area (Å²) < 4.78 is 5.78. The van der Waals surface area contributed by atoms with Crippen LogP contribution in [-0.2, 0) is 4.74 Å². The van der Waals surface area contributed by atoms with E-state index in [4.69, 9.17) is 4.74 Å². The maximum absolute atomic E-state index is 11.2. The van der Waals surface area contributed by atoms with E-state index >= 15 is 0 Å². The van der Waals surface area contributed by atoms with Crippen molar-refractivity contribution >= 4 is 22.0 Å². The zero-order chi connectivity index (χ0) is 15.4. The number of ether oxygens (including phenoxy) is 1. The zero-order valence-corrected chi connectivity index (χ0v) is 13.3. The van der Waals surface area contributed by atoms with Gasteiger partial charge in [0.05, 0.1) is 17.1 Å². The third-order valence-corrected chi connectivity index (χ3v) is 4.90. The quantitative estimate of drug-likeness (QED) is 0.645. The largest absolute Gasteiger partial charge is 0.388 e. The molecule has 7 heteroatoms. The zero-order valence-electron chi connectivity index (χ0n) is 12.4. The van der Waals surface area contributed by atoms with Crippen molar-refractivity contribution < 1.29 is 14.8 Å². The first-order valence-corrected chi connectivity index (χ1v) is 8.17. The van der Waals surface area contributed by atoms with Crippen LogP contribution in [0.5, 0.6) is 0 Å². The van der Waals surface area contributed by atoms with E-state index in [0.29, 0.717) is 16.4 Å². The molecule has 1 aliphatic heterocycles. The van der Waals surface area contributed by atoms with Crippen LogP contribution in [0, 0.1) is 10.1 Å². The molecule has 1 aromatic rings. The Morgan fingerprint density at radius 1 is 1.67 bits per heavy atom. The number of anilines is 1. The summed E-state index contributed by atoms with van der Waals surface area (Å²) in [7, 11) is 0. The lowest BCUT2D eigenvalue weighted by atomic mass is 10.1. The molecule has 1 unspecified atom stereocenters. The van der Waals surface area contributed by atoms with Crippen molar-refractivity contribution in [1.82, 2.24) is 0 Å². The number of thiophene rings is 1. The van der Waals surface area contributed by atoms with Crippen molar-refractivity contribution in [2.45, 2.75) is 45.3 Å². The van der Waals surface area contributed by atoms with Gasteiger partial charge in [-0.15, -0.1) is 11.3 Å². The van der Waals surface area contributed by atoms with Crippen molar-refractivity contribution in [3.8, 4) is 0 Å². The molecule has 0 bridgehead atoms. The molecular weight excluding hydrogens is 292 g/mol. The Balaban J connectivity index is 2.17. The summed E-state index contributed by atoms with van der Waals surface area (Å²) in [5.74, 6) is 0. The number of aliphatic hydroxyl groups excluding tert-OH is 1. The predicted molar refractivity (Wildman–Crippen MR) is 83.1 cm³/mol. The van der Waals surface area contributed by atoms with Gasteiger partial charge in [-0.2, -0.15) is 0 Å². The second-order valence-electron chi connectivity index (χ2n) is 5.35. The van der Waals surface area contributed by atoms with Crippen LogP contribution in [0.4, 0.5) is 10.7 Å². The van der Waals surface area contributed by atoms with Crippen molar-refractivity contribution in [2.75, 3.05) is 24.6 Å². The number of aliphatic hydroxyl groups is 1. The Kier molecular flexibility index (Phi) is 5.55. The fraction of sp³-hybridized carbons (Fsp3) is 0.714. The fourth-order valence-corrected chi connectivity index (χ4v) is 3.59. The van der Waals surface area contributed by atoms with E-state index in [1.165, 1.54) is 17.4 Å². The minimum atomic E-state index is -0.681. The van der Waals surface area contributed by atoms with Gasteiger partial charge >= 0.3 is 5.69 Å². The maximum atomic E-state index is 11.2. The first-order chi connectivity index (χ1) is 10.0. The molecule has 2 heterocycles. The highest BCUT2D eigenvalue weighted by Crippen LogP contribution is 2.41. The van der Waals surface area contributed by atoms with Gasteiger partial charge < -0.3 is 14.7 Å². The van der Waals surface area contributed by atoms with Gasteiger partial charge in [0, 0.05) is 30.6 Å². The first kappa shape index (κ1) is 16.2.